The molecule has 6 rings (SSSR count). The highest BCUT2D eigenvalue weighted by atomic mass is 16.3. The van der Waals surface area contributed by atoms with Crippen LogP contribution in [0.5, 0.6) is 0 Å². The van der Waals surface area contributed by atoms with Crippen LogP contribution in [0.2, 0.25) is 0 Å². The number of allylic oxidation sites excluding steroid dienone is 1. The van der Waals surface area contributed by atoms with Crippen LogP contribution in [-0.4, -0.2) is 17.9 Å². The van der Waals surface area contributed by atoms with Gasteiger partial charge in [-0.15, -0.1) is 0 Å². The molecule has 32 heavy (non-hydrogen) atoms. The summed E-state index contributed by atoms with van der Waals surface area (Å²) in [7, 11) is 0. The number of rotatable bonds is 2. The average Bonchev–Trinajstić information content (AvgIpc) is 3.10. The van der Waals surface area contributed by atoms with E-state index in [9.17, 15) is 5.11 Å². The van der Waals surface area contributed by atoms with E-state index in [2.05, 4.69) is 58.9 Å². The fourth-order valence-corrected chi connectivity index (χ4v) is 4.91. The Morgan fingerprint density at radius 3 is 2.75 bits per heavy atom. The Hall–Kier alpha value is -3.43. The third-order valence-electron chi connectivity index (χ3n) is 6.37. The molecular weight excluding hydrogens is 392 g/mol. The lowest BCUT2D eigenvalue weighted by molar-refractivity contribution is 0.284. The predicted molar refractivity (Wildman–Crippen MR) is 133 cm³/mol. The van der Waals surface area contributed by atoms with Crippen LogP contribution in [0.1, 0.15) is 36.3 Å². The molecule has 1 unspecified atom stereocenters. The zero-order valence-electron chi connectivity index (χ0n) is 18.2. The van der Waals surface area contributed by atoms with E-state index in [0.29, 0.717) is 5.92 Å². The van der Waals surface area contributed by atoms with Gasteiger partial charge < -0.3 is 10.4 Å². The number of aliphatic hydroxyl groups is 1. The Kier molecular flexibility index (Phi) is 6.00. The number of para-hydroxylation sites is 2. The second kappa shape index (κ2) is 9.37. The van der Waals surface area contributed by atoms with Gasteiger partial charge in [0.2, 0.25) is 0 Å². The first-order chi connectivity index (χ1) is 15.8. The molecule has 2 N–H and O–H groups in total. The predicted octanol–water partition coefficient (Wildman–Crippen LogP) is 4.68. The summed E-state index contributed by atoms with van der Waals surface area (Å²) in [6.45, 7) is 0.246. The molecule has 1 atom stereocenters. The van der Waals surface area contributed by atoms with Gasteiger partial charge >= 0.3 is 0 Å². The third kappa shape index (κ3) is 4.04. The van der Waals surface area contributed by atoms with Gasteiger partial charge in [0.15, 0.2) is 0 Å². The van der Waals surface area contributed by atoms with Gasteiger partial charge in [0, 0.05) is 24.9 Å². The molecule has 1 aliphatic heterocycles. The topological polar surface area (TPSA) is 44.6 Å². The molecule has 3 aliphatic rings. The second-order valence-electron chi connectivity index (χ2n) is 8.36. The van der Waals surface area contributed by atoms with E-state index in [0.717, 1.165) is 17.8 Å². The molecule has 2 aliphatic carbocycles. The Balaban J connectivity index is 0.000000165. The lowest BCUT2D eigenvalue weighted by atomic mass is 9.82. The summed E-state index contributed by atoms with van der Waals surface area (Å²) in [5.74, 6) is 0.348. The van der Waals surface area contributed by atoms with Crippen molar-refractivity contribution in [2.45, 2.75) is 31.6 Å². The molecule has 0 saturated carbocycles. The van der Waals surface area contributed by atoms with Gasteiger partial charge in [-0.3, -0.25) is 4.99 Å². The summed E-state index contributed by atoms with van der Waals surface area (Å²) in [5.41, 5.74) is 5.02. The monoisotopic (exact) mass is 420 g/mol. The van der Waals surface area contributed by atoms with Crippen LogP contribution in [0.25, 0.3) is 12.2 Å². The SMILES string of the molecule is C1=CNc2ccccc2N=C1.OCCC1C=c2ccccc2=c2ccc3c(c21)CCCC=3. The first-order valence-corrected chi connectivity index (χ1v) is 11.4. The van der Waals surface area contributed by atoms with Gasteiger partial charge in [-0.1, -0.05) is 60.7 Å². The van der Waals surface area contributed by atoms with Crippen LogP contribution in [0.15, 0.2) is 77.9 Å². The number of hydrogen-bond acceptors (Lipinski definition) is 3. The quantitative estimate of drug-likeness (QED) is 0.632. The maximum absolute atomic E-state index is 9.47. The van der Waals surface area contributed by atoms with E-state index in [-0.39, 0.29) is 6.61 Å². The summed E-state index contributed by atoms with van der Waals surface area (Å²) in [6.07, 6.45) is 14.7. The fourth-order valence-electron chi connectivity index (χ4n) is 4.91. The van der Waals surface area contributed by atoms with Crippen LogP contribution >= 0.6 is 0 Å². The minimum absolute atomic E-state index is 0.246. The Morgan fingerprint density at radius 2 is 1.81 bits per heavy atom. The van der Waals surface area contributed by atoms with Crippen molar-refractivity contribution in [3.63, 3.8) is 0 Å². The minimum atomic E-state index is 0.246. The van der Waals surface area contributed by atoms with Crippen molar-refractivity contribution in [3.8, 4) is 0 Å². The van der Waals surface area contributed by atoms with Crippen molar-refractivity contribution in [2.24, 2.45) is 4.99 Å². The number of aliphatic hydroxyl groups excluding tert-OH is 1. The first kappa shape index (κ1) is 20.5. The zero-order valence-corrected chi connectivity index (χ0v) is 18.2. The van der Waals surface area contributed by atoms with Crippen LogP contribution in [0.3, 0.4) is 0 Å². The molecule has 160 valence electrons. The lowest BCUT2D eigenvalue weighted by Gasteiger charge is -2.23. The molecule has 3 aromatic rings. The van der Waals surface area contributed by atoms with E-state index >= 15 is 0 Å². The normalized spacial score (nSPS) is 17.0. The van der Waals surface area contributed by atoms with Gasteiger partial charge in [0.1, 0.15) is 0 Å². The number of aliphatic imine (C=N–C) groups is 1. The van der Waals surface area contributed by atoms with Crippen LogP contribution in [-0.2, 0) is 6.42 Å². The first-order valence-electron chi connectivity index (χ1n) is 11.4. The molecular formula is C29H28N2O. The van der Waals surface area contributed by atoms with Gasteiger partial charge in [0.05, 0.1) is 11.4 Å². The number of nitrogens with zero attached hydrogens (tertiary/aromatic N) is 1. The van der Waals surface area contributed by atoms with Gasteiger partial charge in [-0.25, -0.2) is 0 Å². The highest BCUT2D eigenvalue weighted by Gasteiger charge is 2.19. The largest absolute Gasteiger partial charge is 0.396 e. The molecule has 3 heteroatoms. The molecule has 0 aromatic heterocycles. The zero-order chi connectivity index (χ0) is 21.8. The third-order valence-corrected chi connectivity index (χ3v) is 6.37. The number of anilines is 1. The molecule has 0 bridgehead atoms. The van der Waals surface area contributed by atoms with E-state index in [1.807, 2.05) is 36.5 Å². The van der Waals surface area contributed by atoms with Crippen molar-refractivity contribution in [2.75, 3.05) is 11.9 Å². The second-order valence-corrected chi connectivity index (χ2v) is 8.36. The highest BCUT2D eigenvalue weighted by Crippen LogP contribution is 2.29. The number of benzene rings is 3. The summed E-state index contributed by atoms with van der Waals surface area (Å²) in [5, 5.41) is 18.0. The van der Waals surface area contributed by atoms with Crippen molar-refractivity contribution < 1.29 is 5.11 Å². The Labute approximate surface area is 188 Å². The molecule has 3 nitrogen and oxygen atoms in total. The average molecular weight is 421 g/mol. The molecule has 0 saturated heterocycles. The number of fused-ring (bicyclic) bond motifs is 5. The smallest absolute Gasteiger partial charge is 0.0864 e. The summed E-state index contributed by atoms with van der Waals surface area (Å²) in [4.78, 5) is 4.21. The van der Waals surface area contributed by atoms with E-state index in [4.69, 9.17) is 0 Å². The standard InChI is InChI=1S/C20H20O.C9H8N2/c21-12-11-16-13-15-6-2-3-7-17(15)19-10-9-14-5-1-4-8-18(14)20(16)19;1-2-5-9-8(4-1)10-6-3-7-11-9/h2-3,5-7,9-10,13,16,21H,1,4,8,11-12H2;1-7,10H. The van der Waals surface area contributed by atoms with Gasteiger partial charge in [0.25, 0.3) is 0 Å². The maximum Gasteiger partial charge on any atom is 0.0864 e. The molecule has 0 spiro atoms. The molecule has 0 amide bonds. The van der Waals surface area contributed by atoms with Gasteiger partial charge in [-0.05, 0) is 75.9 Å². The lowest BCUT2D eigenvalue weighted by Crippen LogP contribution is -2.22. The minimum Gasteiger partial charge on any atom is -0.396 e. The molecule has 0 radical (unpaired) electrons. The molecule has 0 fully saturated rings. The summed E-state index contributed by atoms with van der Waals surface area (Å²) >= 11 is 0. The van der Waals surface area contributed by atoms with E-state index in [1.165, 1.54) is 51.3 Å². The Morgan fingerprint density at radius 1 is 0.938 bits per heavy atom. The van der Waals surface area contributed by atoms with Crippen LogP contribution < -0.4 is 15.8 Å². The van der Waals surface area contributed by atoms with Crippen LogP contribution in [0.4, 0.5) is 11.4 Å². The Bertz CT molecular complexity index is 1400. The van der Waals surface area contributed by atoms with Crippen molar-refractivity contribution >= 4 is 29.7 Å². The van der Waals surface area contributed by atoms with Crippen LogP contribution in [0, 0.1) is 10.4 Å². The fraction of sp³-hybridized carbons (Fsp3) is 0.207. The summed E-state index contributed by atoms with van der Waals surface area (Å²) < 4.78 is 0. The van der Waals surface area contributed by atoms with Crippen molar-refractivity contribution in [3.05, 3.63) is 105 Å². The summed E-state index contributed by atoms with van der Waals surface area (Å²) in [6, 6.07) is 21.1. The maximum atomic E-state index is 9.47. The van der Waals surface area contributed by atoms with Crippen molar-refractivity contribution in [1.82, 2.24) is 0 Å². The van der Waals surface area contributed by atoms with Crippen molar-refractivity contribution in [1.29, 1.82) is 0 Å². The van der Waals surface area contributed by atoms with Gasteiger partial charge in [-0.2, -0.15) is 0 Å². The highest BCUT2D eigenvalue weighted by molar-refractivity contribution is 5.81. The molecule has 1 heterocycles. The van der Waals surface area contributed by atoms with E-state index in [1.54, 1.807) is 6.21 Å². The number of hydrogen-bond donors (Lipinski definition) is 2. The number of nitrogens with one attached hydrogen (secondary N) is 1. The molecule has 3 aromatic carbocycles. The van der Waals surface area contributed by atoms with E-state index < -0.39 is 0 Å².